The van der Waals surface area contributed by atoms with E-state index in [1.54, 1.807) is 76.2 Å². The van der Waals surface area contributed by atoms with Crippen molar-refractivity contribution in [2.75, 3.05) is 0 Å². The molecule has 19 heteroatoms. The first-order valence-electron chi connectivity index (χ1n) is 15.2. The minimum atomic E-state index is -0.857. The van der Waals surface area contributed by atoms with Crippen molar-refractivity contribution >= 4 is 34.1 Å². The quantitative estimate of drug-likeness (QED) is 0.106. The number of hydrogen-bond donors (Lipinski definition) is 1. The van der Waals surface area contributed by atoms with Crippen LogP contribution in [0.25, 0.3) is 11.4 Å². The van der Waals surface area contributed by atoms with Gasteiger partial charge in [0.25, 0.3) is 16.9 Å². The summed E-state index contributed by atoms with van der Waals surface area (Å²) in [4.78, 5) is 32.9. The molecule has 53 heavy (non-hydrogen) atoms. The molecule has 0 aliphatic rings. The van der Waals surface area contributed by atoms with E-state index < -0.39 is 44.2 Å². The van der Waals surface area contributed by atoms with Crippen LogP contribution in [0.3, 0.4) is 0 Å². The fourth-order valence-corrected chi connectivity index (χ4v) is 4.87. The molecule has 1 N–H and O–H groups in total. The second-order valence-electron chi connectivity index (χ2n) is 11.2. The Morgan fingerprint density at radius 1 is 0.660 bits per heavy atom. The monoisotopic (exact) mass is 755 g/mol. The number of nitrogens with zero attached hydrogens (tertiary/aromatic N) is 9. The Hall–Kier alpha value is -6.97. The number of nitro benzene ring substituents is 2. The van der Waals surface area contributed by atoms with Crippen molar-refractivity contribution in [1.82, 2.24) is 19.6 Å². The van der Waals surface area contributed by atoms with E-state index >= 15 is 0 Å². The fraction of sp³-hybridized carbons (Fsp3) is 0.118. The summed E-state index contributed by atoms with van der Waals surface area (Å²) in [7, 11) is 0. The Bertz CT molecular complexity index is 2420. The van der Waals surface area contributed by atoms with Crippen LogP contribution in [0.2, 0.25) is 0 Å². The van der Waals surface area contributed by atoms with Crippen molar-refractivity contribution in [2.45, 2.75) is 27.7 Å². The first kappa shape index (κ1) is 38.8. The zero-order chi connectivity index (χ0) is 37.7. The predicted molar refractivity (Wildman–Crippen MR) is 182 cm³/mol. The number of hydrogen-bond acceptors (Lipinski definition) is 13. The van der Waals surface area contributed by atoms with Gasteiger partial charge >= 0.3 is 17.4 Å². The van der Waals surface area contributed by atoms with E-state index in [1.165, 1.54) is 33.6 Å². The number of aromatic nitrogens is 4. The number of H-pyrrole nitrogens is 1. The van der Waals surface area contributed by atoms with Crippen molar-refractivity contribution in [3.05, 3.63) is 138 Å². The molecular weight excluding hydrogens is 728 g/mol. The maximum Gasteiger partial charge on any atom is 3.00 e. The molecule has 0 amide bonds. The number of nitrogens with one attached hydrogen (secondary N) is 1. The summed E-state index contributed by atoms with van der Waals surface area (Å²) in [6.07, 6.45) is 0. The molecule has 18 nitrogen and oxygen atoms in total. The van der Waals surface area contributed by atoms with Crippen LogP contribution in [0.1, 0.15) is 22.5 Å². The molecule has 0 bridgehead atoms. The third-order valence-corrected chi connectivity index (χ3v) is 7.34. The SMILES string of the molecule is Cc1cc(N=Nc2c(C)[nH]n(-c3ccccc3)c2=O)c([O-])c([N+](=O)[O-])c1.Cc1cc(N=Nc2c(C)nn(-c3ccccc3)c2[O-])c([O-])c([N+](=O)[O-])c1.[Cr+3]. The largest absolute Gasteiger partial charge is 3.00 e. The van der Waals surface area contributed by atoms with Gasteiger partial charge in [-0.2, -0.15) is 15.3 Å². The average Bonchev–Trinajstić information content (AvgIpc) is 3.57. The first-order valence-corrected chi connectivity index (χ1v) is 15.2. The van der Waals surface area contributed by atoms with Crippen molar-refractivity contribution in [2.24, 2.45) is 20.5 Å². The van der Waals surface area contributed by atoms with Crippen molar-refractivity contribution in [3.63, 3.8) is 0 Å². The summed E-state index contributed by atoms with van der Waals surface area (Å²) in [5.41, 5.74) is 0.962. The molecule has 0 fully saturated rings. The summed E-state index contributed by atoms with van der Waals surface area (Å²) >= 11 is 0. The van der Waals surface area contributed by atoms with E-state index in [0.717, 1.165) is 0 Å². The molecule has 2 heterocycles. The molecular formula is C34H27CrN10O8. The molecule has 0 spiro atoms. The van der Waals surface area contributed by atoms with Crippen LogP contribution in [0.5, 0.6) is 17.4 Å². The minimum absolute atomic E-state index is 0. The zero-order valence-electron chi connectivity index (χ0n) is 28.3. The summed E-state index contributed by atoms with van der Waals surface area (Å²) in [6, 6.07) is 22.8. The van der Waals surface area contributed by atoms with Crippen LogP contribution in [0.15, 0.2) is 110 Å². The second-order valence-corrected chi connectivity index (χ2v) is 11.2. The standard InChI is InChI=1S/2C17H15N5O4.Cr/c2*1-10-8-13(16(23)14(9-10)22(25)26)18-19-15-11(2)20-21(17(15)24)12-6-4-3-5-7-12;/h3-9,23-24H,1-2H3;3-9,20,23H,1-2H3;/q;;+3/p-3. The van der Waals surface area contributed by atoms with E-state index in [1.807, 2.05) is 12.1 Å². The molecule has 0 atom stereocenters. The van der Waals surface area contributed by atoms with Gasteiger partial charge in [0.05, 0.1) is 44.0 Å². The van der Waals surface area contributed by atoms with Crippen LogP contribution < -0.4 is 20.9 Å². The Morgan fingerprint density at radius 2 is 1.11 bits per heavy atom. The number of nitro groups is 2. The Morgan fingerprint density at radius 3 is 1.58 bits per heavy atom. The van der Waals surface area contributed by atoms with Gasteiger partial charge in [0.15, 0.2) is 5.69 Å². The molecule has 267 valence electrons. The van der Waals surface area contributed by atoms with Gasteiger partial charge in [-0.1, -0.05) is 36.4 Å². The van der Waals surface area contributed by atoms with Crippen LogP contribution in [0.4, 0.5) is 34.1 Å². The summed E-state index contributed by atoms with van der Waals surface area (Å²) in [5.74, 6) is -2.20. The molecule has 0 unspecified atom stereocenters. The van der Waals surface area contributed by atoms with E-state index in [4.69, 9.17) is 0 Å². The van der Waals surface area contributed by atoms with Gasteiger partial charge in [-0.25, -0.2) is 9.36 Å². The Balaban J connectivity index is 0.000000232. The Kier molecular flexibility index (Phi) is 12.0. The van der Waals surface area contributed by atoms with E-state index in [9.17, 15) is 40.3 Å². The third kappa shape index (κ3) is 8.50. The summed E-state index contributed by atoms with van der Waals surface area (Å²) in [6.45, 7) is 6.44. The van der Waals surface area contributed by atoms with Gasteiger partial charge < -0.3 is 15.3 Å². The maximum atomic E-state index is 12.5. The van der Waals surface area contributed by atoms with E-state index in [-0.39, 0.29) is 40.1 Å². The van der Waals surface area contributed by atoms with Crippen LogP contribution in [0, 0.1) is 47.9 Å². The average molecular weight is 756 g/mol. The smallest absolute Gasteiger partial charge is 0.866 e. The molecule has 0 saturated carbocycles. The summed E-state index contributed by atoms with van der Waals surface area (Å²) in [5, 5.41) is 80.8. The van der Waals surface area contributed by atoms with Gasteiger partial charge in [-0.3, -0.25) is 30.1 Å². The second kappa shape index (κ2) is 16.4. The van der Waals surface area contributed by atoms with Crippen molar-refractivity contribution in [3.8, 4) is 28.8 Å². The summed E-state index contributed by atoms with van der Waals surface area (Å²) < 4.78 is 2.49. The van der Waals surface area contributed by atoms with Crippen LogP contribution in [-0.4, -0.2) is 29.4 Å². The van der Waals surface area contributed by atoms with Gasteiger partial charge in [-0.15, -0.1) is 10.2 Å². The molecule has 0 saturated heterocycles. The molecule has 0 aliphatic carbocycles. The molecule has 2 aromatic heterocycles. The minimum Gasteiger partial charge on any atom is -0.866 e. The number of aromatic amines is 1. The van der Waals surface area contributed by atoms with Gasteiger partial charge in [0.2, 0.25) is 0 Å². The van der Waals surface area contributed by atoms with Crippen molar-refractivity contribution in [1.29, 1.82) is 0 Å². The number of aryl methyl sites for hydroxylation is 4. The first-order chi connectivity index (χ1) is 24.8. The number of para-hydroxylation sites is 2. The maximum absolute atomic E-state index is 12.5. The normalized spacial score (nSPS) is 10.9. The molecule has 4 aromatic carbocycles. The van der Waals surface area contributed by atoms with Gasteiger partial charge in [0, 0.05) is 29.5 Å². The van der Waals surface area contributed by atoms with Gasteiger partial charge in [-0.05, 0) is 75.2 Å². The number of azo groups is 2. The number of benzene rings is 4. The van der Waals surface area contributed by atoms with Crippen LogP contribution >= 0.6 is 0 Å². The molecule has 6 aromatic rings. The van der Waals surface area contributed by atoms with Crippen molar-refractivity contribution < 1.29 is 42.5 Å². The van der Waals surface area contributed by atoms with Crippen LogP contribution in [-0.2, 0) is 17.4 Å². The zero-order valence-corrected chi connectivity index (χ0v) is 29.6. The number of rotatable bonds is 8. The van der Waals surface area contributed by atoms with Gasteiger partial charge in [0.1, 0.15) is 5.69 Å². The van der Waals surface area contributed by atoms with E-state index in [2.05, 4.69) is 30.7 Å². The molecule has 1 radical (unpaired) electrons. The fourth-order valence-electron chi connectivity index (χ4n) is 4.87. The topological polar surface area (TPSA) is 261 Å². The Labute approximate surface area is 310 Å². The van der Waals surface area contributed by atoms with E-state index in [0.29, 0.717) is 33.9 Å². The third-order valence-electron chi connectivity index (χ3n) is 7.34. The predicted octanol–water partition coefficient (Wildman–Crippen LogP) is 6.14. The molecule has 6 rings (SSSR count). The molecule has 0 aliphatic heterocycles.